The summed E-state index contributed by atoms with van der Waals surface area (Å²) in [6, 6.07) is 3.55. The smallest absolute Gasteiger partial charge is 0.254 e. The number of carbonyl (C=O) groups is 1. The number of methoxy groups -OCH3 is 1. The molecule has 0 aliphatic carbocycles. The SMILES string of the molecule is COCCn1cc(Nc2ncc(C(N)=O)c(NCc3c(F)cccc3F)n2)cn1. The lowest BCUT2D eigenvalue weighted by molar-refractivity contribution is 0.100. The Morgan fingerprint density at radius 1 is 1.28 bits per heavy atom. The molecule has 11 heteroatoms. The fraction of sp³-hybridized carbons (Fsp3) is 0.222. The fourth-order valence-corrected chi connectivity index (χ4v) is 2.49. The maximum atomic E-state index is 13.8. The Bertz CT molecular complexity index is 989. The number of anilines is 3. The summed E-state index contributed by atoms with van der Waals surface area (Å²) in [5, 5.41) is 9.84. The molecule has 1 aromatic carbocycles. The third kappa shape index (κ3) is 5.02. The Balaban J connectivity index is 1.79. The first-order chi connectivity index (χ1) is 14.0. The van der Waals surface area contributed by atoms with Crippen LogP contribution in [0.25, 0.3) is 0 Å². The highest BCUT2D eigenvalue weighted by atomic mass is 19.1. The largest absolute Gasteiger partial charge is 0.383 e. The molecule has 0 unspecified atom stereocenters. The van der Waals surface area contributed by atoms with Gasteiger partial charge in [0.25, 0.3) is 5.91 Å². The molecule has 0 saturated carbocycles. The zero-order valence-electron chi connectivity index (χ0n) is 15.5. The molecular weight excluding hydrogens is 384 g/mol. The van der Waals surface area contributed by atoms with Crippen LogP contribution in [-0.2, 0) is 17.8 Å². The number of ether oxygens (including phenoxy) is 1. The van der Waals surface area contributed by atoms with E-state index in [0.29, 0.717) is 18.8 Å². The summed E-state index contributed by atoms with van der Waals surface area (Å²) in [4.78, 5) is 19.9. The highest BCUT2D eigenvalue weighted by Crippen LogP contribution is 2.19. The summed E-state index contributed by atoms with van der Waals surface area (Å²) in [5.74, 6) is -2.01. The molecule has 29 heavy (non-hydrogen) atoms. The normalized spacial score (nSPS) is 10.7. The lowest BCUT2D eigenvalue weighted by Crippen LogP contribution is -2.17. The van der Waals surface area contributed by atoms with Crippen LogP contribution in [-0.4, -0.2) is 39.4 Å². The van der Waals surface area contributed by atoms with Gasteiger partial charge in [-0.2, -0.15) is 10.1 Å². The van der Waals surface area contributed by atoms with Crippen molar-refractivity contribution < 1.29 is 18.3 Å². The Labute approximate surface area is 164 Å². The van der Waals surface area contributed by atoms with Gasteiger partial charge < -0.3 is 21.1 Å². The van der Waals surface area contributed by atoms with Crippen molar-refractivity contribution in [3.63, 3.8) is 0 Å². The van der Waals surface area contributed by atoms with Gasteiger partial charge in [0.2, 0.25) is 5.95 Å². The summed E-state index contributed by atoms with van der Waals surface area (Å²) >= 11 is 0. The van der Waals surface area contributed by atoms with Crippen LogP contribution in [0, 0.1) is 11.6 Å². The lowest BCUT2D eigenvalue weighted by Gasteiger charge is -2.12. The van der Waals surface area contributed by atoms with Crippen LogP contribution in [0.2, 0.25) is 0 Å². The number of nitrogens with two attached hydrogens (primary N) is 1. The first-order valence-corrected chi connectivity index (χ1v) is 8.60. The minimum atomic E-state index is -0.777. The van der Waals surface area contributed by atoms with Crippen LogP contribution in [0.15, 0.2) is 36.8 Å². The molecule has 2 aromatic heterocycles. The van der Waals surface area contributed by atoms with Crippen LogP contribution < -0.4 is 16.4 Å². The second-order valence-corrected chi connectivity index (χ2v) is 5.98. The summed E-state index contributed by atoms with van der Waals surface area (Å²) < 4.78 is 34.3. The van der Waals surface area contributed by atoms with Crippen molar-refractivity contribution in [2.45, 2.75) is 13.1 Å². The van der Waals surface area contributed by atoms with E-state index in [0.717, 1.165) is 12.1 Å². The van der Waals surface area contributed by atoms with Gasteiger partial charge in [-0.05, 0) is 12.1 Å². The summed E-state index contributed by atoms with van der Waals surface area (Å²) in [6.07, 6.45) is 4.53. The van der Waals surface area contributed by atoms with E-state index in [2.05, 4.69) is 25.7 Å². The second-order valence-electron chi connectivity index (χ2n) is 5.98. The molecule has 9 nitrogen and oxygen atoms in total. The van der Waals surface area contributed by atoms with Crippen molar-refractivity contribution in [2.24, 2.45) is 5.73 Å². The van der Waals surface area contributed by atoms with Gasteiger partial charge >= 0.3 is 0 Å². The second kappa shape index (κ2) is 9.06. The third-order valence-electron chi connectivity index (χ3n) is 3.96. The van der Waals surface area contributed by atoms with Gasteiger partial charge in [0.05, 0.1) is 30.6 Å². The van der Waals surface area contributed by atoms with E-state index >= 15 is 0 Å². The fourth-order valence-electron chi connectivity index (χ4n) is 2.49. The molecule has 0 aliphatic heterocycles. The highest BCUT2D eigenvalue weighted by Gasteiger charge is 2.15. The number of hydrogen-bond donors (Lipinski definition) is 3. The number of aromatic nitrogens is 4. The van der Waals surface area contributed by atoms with E-state index in [9.17, 15) is 13.6 Å². The zero-order chi connectivity index (χ0) is 20.8. The Kier molecular flexibility index (Phi) is 6.29. The molecule has 2 heterocycles. The van der Waals surface area contributed by atoms with Crippen LogP contribution >= 0.6 is 0 Å². The van der Waals surface area contributed by atoms with Gasteiger partial charge in [0.15, 0.2) is 0 Å². The van der Waals surface area contributed by atoms with Gasteiger partial charge in [-0.15, -0.1) is 0 Å². The van der Waals surface area contributed by atoms with Crippen molar-refractivity contribution in [3.8, 4) is 0 Å². The van der Waals surface area contributed by atoms with Crippen LogP contribution in [0.5, 0.6) is 0 Å². The maximum absolute atomic E-state index is 13.8. The van der Waals surface area contributed by atoms with E-state index < -0.39 is 17.5 Å². The molecular formula is C18H19F2N7O2. The van der Waals surface area contributed by atoms with Gasteiger partial charge in [0, 0.05) is 31.6 Å². The average Bonchev–Trinajstić information content (AvgIpc) is 3.13. The van der Waals surface area contributed by atoms with Crippen molar-refractivity contribution in [3.05, 3.63) is 59.6 Å². The van der Waals surface area contributed by atoms with Crippen LogP contribution in [0.1, 0.15) is 15.9 Å². The number of hydrogen-bond acceptors (Lipinski definition) is 7. The van der Waals surface area contributed by atoms with Crippen molar-refractivity contribution in [1.82, 2.24) is 19.7 Å². The quantitative estimate of drug-likeness (QED) is 0.500. The molecule has 1 amide bonds. The minimum absolute atomic E-state index is 0.0110. The Morgan fingerprint density at radius 2 is 2.03 bits per heavy atom. The number of benzene rings is 1. The Morgan fingerprint density at radius 3 is 2.72 bits per heavy atom. The zero-order valence-corrected chi connectivity index (χ0v) is 15.5. The van der Waals surface area contributed by atoms with Gasteiger partial charge in [-0.1, -0.05) is 6.07 Å². The maximum Gasteiger partial charge on any atom is 0.254 e. The number of primary amides is 1. The predicted molar refractivity (Wildman–Crippen MR) is 102 cm³/mol. The average molecular weight is 403 g/mol. The molecule has 0 radical (unpaired) electrons. The number of rotatable bonds is 9. The topological polar surface area (TPSA) is 120 Å². The van der Waals surface area contributed by atoms with Crippen molar-refractivity contribution in [1.29, 1.82) is 0 Å². The minimum Gasteiger partial charge on any atom is -0.383 e. The number of nitrogens with one attached hydrogen (secondary N) is 2. The number of nitrogens with zero attached hydrogens (tertiary/aromatic N) is 4. The molecule has 0 bridgehead atoms. The monoisotopic (exact) mass is 403 g/mol. The number of amides is 1. The highest BCUT2D eigenvalue weighted by molar-refractivity contribution is 5.97. The van der Waals surface area contributed by atoms with Crippen molar-refractivity contribution in [2.75, 3.05) is 24.4 Å². The standard InChI is InChI=1S/C18H19F2N7O2/c1-29-6-5-27-10-11(7-24-27)25-18-23-9-13(16(21)28)17(26-18)22-8-12-14(19)3-2-4-15(12)20/h2-4,7,9-10H,5-6,8H2,1H3,(H2,21,28)(H2,22,23,25,26). The Hall–Kier alpha value is -3.60. The molecule has 152 valence electrons. The van der Waals surface area contributed by atoms with E-state index in [1.54, 1.807) is 24.2 Å². The van der Waals surface area contributed by atoms with Crippen LogP contribution in [0.3, 0.4) is 0 Å². The summed E-state index contributed by atoms with van der Waals surface area (Å²) in [5.41, 5.74) is 5.76. The van der Waals surface area contributed by atoms with E-state index in [4.69, 9.17) is 10.5 Å². The molecule has 0 atom stereocenters. The first-order valence-electron chi connectivity index (χ1n) is 8.60. The van der Waals surface area contributed by atoms with Gasteiger partial charge in [-0.25, -0.2) is 13.8 Å². The molecule has 0 spiro atoms. The summed E-state index contributed by atoms with van der Waals surface area (Å²) in [7, 11) is 1.60. The van der Waals surface area contributed by atoms with E-state index in [-0.39, 0.29) is 29.4 Å². The van der Waals surface area contributed by atoms with E-state index in [1.165, 1.54) is 12.3 Å². The van der Waals surface area contributed by atoms with Gasteiger partial charge in [-0.3, -0.25) is 9.48 Å². The van der Waals surface area contributed by atoms with E-state index in [1.807, 2.05) is 0 Å². The molecule has 0 fully saturated rings. The molecule has 3 aromatic rings. The molecule has 4 N–H and O–H groups in total. The summed E-state index contributed by atoms with van der Waals surface area (Å²) in [6.45, 7) is 0.844. The first kappa shape index (κ1) is 20.1. The number of carbonyl (C=O) groups excluding carboxylic acids is 1. The molecule has 3 rings (SSSR count). The van der Waals surface area contributed by atoms with Crippen molar-refractivity contribution >= 4 is 23.4 Å². The number of halogens is 2. The molecule has 0 saturated heterocycles. The molecule has 0 aliphatic rings. The van der Waals surface area contributed by atoms with Gasteiger partial charge in [0.1, 0.15) is 17.5 Å². The third-order valence-corrected chi connectivity index (χ3v) is 3.96. The lowest BCUT2D eigenvalue weighted by atomic mass is 10.2. The predicted octanol–water partition coefficient (Wildman–Crippen LogP) is 2.05. The van der Waals surface area contributed by atoms with Crippen LogP contribution in [0.4, 0.5) is 26.2 Å².